The number of amides is 1. The predicted octanol–water partition coefficient (Wildman–Crippen LogP) is 2.97. The minimum absolute atomic E-state index is 0.118. The van der Waals surface area contributed by atoms with Gasteiger partial charge in [-0.25, -0.2) is 0 Å². The molecule has 0 saturated heterocycles. The molecule has 4 nitrogen and oxygen atoms in total. The number of hydrogen-bond acceptors (Lipinski definition) is 3. The van der Waals surface area contributed by atoms with Crippen LogP contribution in [0.4, 0.5) is 5.69 Å². The van der Waals surface area contributed by atoms with E-state index in [1.807, 2.05) is 19.1 Å². The number of para-hydroxylation sites is 3. The van der Waals surface area contributed by atoms with Crippen LogP contribution in [0.25, 0.3) is 0 Å². The van der Waals surface area contributed by atoms with Crippen LogP contribution in [-0.4, -0.2) is 17.6 Å². The van der Waals surface area contributed by atoms with Gasteiger partial charge in [0.05, 0.1) is 18.7 Å². The maximum absolute atomic E-state index is 12.0. The maximum atomic E-state index is 12.0. The first-order valence-electron chi connectivity index (χ1n) is 6.49. The van der Waals surface area contributed by atoms with Crippen LogP contribution in [0.1, 0.15) is 12.5 Å². The molecule has 2 aromatic rings. The fraction of sp³-hybridized carbons (Fsp3) is 0.188. The number of hydrogen-bond donors (Lipinski definition) is 2. The van der Waals surface area contributed by atoms with Crippen LogP contribution in [0.3, 0.4) is 0 Å². The highest BCUT2D eigenvalue weighted by atomic mass is 16.5. The average Bonchev–Trinajstić information content (AvgIpc) is 2.44. The second-order valence-electron chi connectivity index (χ2n) is 4.28. The summed E-state index contributed by atoms with van der Waals surface area (Å²) in [6.07, 6.45) is 0.118. The lowest BCUT2D eigenvalue weighted by Gasteiger charge is -2.11. The molecule has 0 aromatic heterocycles. The monoisotopic (exact) mass is 271 g/mol. The minimum Gasteiger partial charge on any atom is -0.508 e. The van der Waals surface area contributed by atoms with Crippen LogP contribution in [0.5, 0.6) is 11.5 Å². The molecular formula is C16H17NO3. The Balaban J connectivity index is 2.07. The molecule has 2 N–H and O–H groups in total. The van der Waals surface area contributed by atoms with Crippen molar-refractivity contribution in [2.75, 3.05) is 11.9 Å². The summed E-state index contributed by atoms with van der Waals surface area (Å²) >= 11 is 0. The zero-order valence-electron chi connectivity index (χ0n) is 11.3. The van der Waals surface area contributed by atoms with Gasteiger partial charge in [-0.3, -0.25) is 4.79 Å². The number of carbonyl (C=O) groups is 1. The molecule has 0 heterocycles. The second kappa shape index (κ2) is 6.61. The molecule has 0 bridgehead atoms. The number of nitrogens with one attached hydrogen (secondary N) is 1. The van der Waals surface area contributed by atoms with E-state index >= 15 is 0 Å². The van der Waals surface area contributed by atoms with Crippen LogP contribution in [0, 0.1) is 0 Å². The lowest BCUT2D eigenvalue weighted by atomic mass is 10.1. The Bertz CT molecular complexity index is 596. The molecule has 0 radical (unpaired) electrons. The molecule has 1 amide bonds. The van der Waals surface area contributed by atoms with Crippen molar-refractivity contribution in [3.63, 3.8) is 0 Å². The lowest BCUT2D eigenvalue weighted by Crippen LogP contribution is -2.15. The number of rotatable bonds is 5. The van der Waals surface area contributed by atoms with Crippen molar-refractivity contribution >= 4 is 11.6 Å². The normalized spacial score (nSPS) is 10.1. The van der Waals surface area contributed by atoms with Crippen molar-refractivity contribution in [3.05, 3.63) is 54.1 Å². The summed E-state index contributed by atoms with van der Waals surface area (Å²) in [5.41, 5.74) is 1.23. The van der Waals surface area contributed by atoms with Gasteiger partial charge in [0.1, 0.15) is 11.5 Å². The quantitative estimate of drug-likeness (QED) is 0.879. The van der Waals surface area contributed by atoms with Crippen LogP contribution in [-0.2, 0) is 11.2 Å². The van der Waals surface area contributed by atoms with E-state index in [-0.39, 0.29) is 18.1 Å². The number of carbonyl (C=O) groups excluding carboxylic acids is 1. The van der Waals surface area contributed by atoms with Crippen molar-refractivity contribution < 1.29 is 14.6 Å². The second-order valence-corrected chi connectivity index (χ2v) is 4.28. The highest BCUT2D eigenvalue weighted by molar-refractivity contribution is 5.93. The Morgan fingerprint density at radius 2 is 1.85 bits per heavy atom. The van der Waals surface area contributed by atoms with Gasteiger partial charge in [0.15, 0.2) is 0 Å². The van der Waals surface area contributed by atoms with Gasteiger partial charge in [0.2, 0.25) is 5.91 Å². The predicted molar refractivity (Wildman–Crippen MR) is 78.1 cm³/mol. The zero-order valence-corrected chi connectivity index (χ0v) is 11.3. The number of ether oxygens (including phenoxy) is 1. The molecule has 0 spiro atoms. The Hall–Kier alpha value is -2.49. The number of benzene rings is 2. The van der Waals surface area contributed by atoms with Crippen LogP contribution < -0.4 is 10.1 Å². The molecule has 0 atom stereocenters. The topological polar surface area (TPSA) is 58.6 Å². The van der Waals surface area contributed by atoms with E-state index in [4.69, 9.17) is 4.74 Å². The van der Waals surface area contributed by atoms with Crippen LogP contribution in [0.2, 0.25) is 0 Å². The molecule has 0 aliphatic heterocycles. The highest BCUT2D eigenvalue weighted by Crippen LogP contribution is 2.24. The van der Waals surface area contributed by atoms with Crippen molar-refractivity contribution in [2.24, 2.45) is 0 Å². The largest absolute Gasteiger partial charge is 0.508 e. The minimum atomic E-state index is -0.196. The first kappa shape index (κ1) is 13.9. The molecule has 0 aliphatic carbocycles. The van der Waals surface area contributed by atoms with Gasteiger partial charge in [-0.1, -0.05) is 30.3 Å². The van der Waals surface area contributed by atoms with Gasteiger partial charge < -0.3 is 15.2 Å². The first-order valence-corrected chi connectivity index (χ1v) is 6.49. The molecular weight excluding hydrogens is 254 g/mol. The average molecular weight is 271 g/mol. The zero-order chi connectivity index (χ0) is 14.4. The van der Waals surface area contributed by atoms with Gasteiger partial charge in [-0.2, -0.15) is 0 Å². The lowest BCUT2D eigenvalue weighted by molar-refractivity contribution is -0.115. The van der Waals surface area contributed by atoms with Crippen molar-refractivity contribution in [1.82, 2.24) is 0 Å². The summed E-state index contributed by atoms with van der Waals surface area (Å²) in [7, 11) is 0. The van der Waals surface area contributed by atoms with Gasteiger partial charge in [0.25, 0.3) is 0 Å². The van der Waals surface area contributed by atoms with Gasteiger partial charge in [-0.05, 0) is 25.1 Å². The third-order valence-corrected chi connectivity index (χ3v) is 2.80. The van der Waals surface area contributed by atoms with E-state index in [1.165, 1.54) is 0 Å². The molecule has 0 fully saturated rings. The highest BCUT2D eigenvalue weighted by Gasteiger charge is 2.10. The Morgan fingerprint density at radius 3 is 2.60 bits per heavy atom. The molecule has 20 heavy (non-hydrogen) atoms. The summed E-state index contributed by atoms with van der Waals surface area (Å²) in [5.74, 6) is 0.569. The van der Waals surface area contributed by atoms with Crippen molar-refractivity contribution in [3.8, 4) is 11.5 Å². The van der Waals surface area contributed by atoms with Crippen molar-refractivity contribution in [2.45, 2.75) is 13.3 Å². The van der Waals surface area contributed by atoms with E-state index < -0.39 is 0 Å². The summed E-state index contributed by atoms with van der Waals surface area (Å²) in [6, 6.07) is 14.1. The molecule has 2 aromatic carbocycles. The first-order chi connectivity index (χ1) is 9.70. The van der Waals surface area contributed by atoms with E-state index in [0.29, 0.717) is 23.6 Å². The fourth-order valence-electron chi connectivity index (χ4n) is 1.88. The molecule has 4 heteroatoms. The molecule has 2 rings (SSSR count). The number of anilines is 1. The van der Waals surface area contributed by atoms with E-state index in [1.54, 1.807) is 36.4 Å². The third kappa shape index (κ3) is 3.51. The Kier molecular flexibility index (Phi) is 4.60. The van der Waals surface area contributed by atoms with Crippen LogP contribution in [0.15, 0.2) is 48.5 Å². The summed E-state index contributed by atoms with van der Waals surface area (Å²) in [4.78, 5) is 12.0. The number of phenols is 1. The molecule has 0 aliphatic rings. The van der Waals surface area contributed by atoms with Gasteiger partial charge >= 0.3 is 0 Å². The van der Waals surface area contributed by atoms with E-state index in [9.17, 15) is 9.90 Å². The standard InChI is InChI=1S/C16H17NO3/c1-2-20-15-10-6-4-8-13(15)17-16(19)11-12-7-3-5-9-14(12)18/h3-10,18H,2,11H2,1H3,(H,17,19). The summed E-state index contributed by atoms with van der Waals surface area (Å²) in [5, 5.41) is 12.5. The van der Waals surface area contributed by atoms with Crippen LogP contribution >= 0.6 is 0 Å². The summed E-state index contributed by atoms with van der Waals surface area (Å²) < 4.78 is 5.45. The Morgan fingerprint density at radius 1 is 1.15 bits per heavy atom. The number of phenolic OH excluding ortho intramolecular Hbond substituents is 1. The third-order valence-electron chi connectivity index (χ3n) is 2.80. The van der Waals surface area contributed by atoms with Gasteiger partial charge in [0, 0.05) is 5.56 Å². The fourth-order valence-corrected chi connectivity index (χ4v) is 1.88. The Labute approximate surface area is 118 Å². The van der Waals surface area contributed by atoms with E-state index in [0.717, 1.165) is 0 Å². The number of aromatic hydroxyl groups is 1. The molecule has 104 valence electrons. The van der Waals surface area contributed by atoms with Gasteiger partial charge in [-0.15, -0.1) is 0 Å². The van der Waals surface area contributed by atoms with Crippen molar-refractivity contribution in [1.29, 1.82) is 0 Å². The smallest absolute Gasteiger partial charge is 0.229 e. The maximum Gasteiger partial charge on any atom is 0.229 e. The molecule has 0 unspecified atom stereocenters. The molecule has 0 saturated carbocycles. The van der Waals surface area contributed by atoms with E-state index in [2.05, 4.69) is 5.32 Å². The SMILES string of the molecule is CCOc1ccccc1NC(=O)Cc1ccccc1O. The summed E-state index contributed by atoms with van der Waals surface area (Å²) in [6.45, 7) is 2.42.